The summed E-state index contributed by atoms with van der Waals surface area (Å²) in [6.45, 7) is 8.61. The van der Waals surface area contributed by atoms with Gasteiger partial charge in [-0.15, -0.1) is 0 Å². The van der Waals surface area contributed by atoms with Gasteiger partial charge in [-0.05, 0) is 90.3 Å². The van der Waals surface area contributed by atoms with Crippen LogP contribution in [0.15, 0.2) is 48.5 Å². The van der Waals surface area contributed by atoms with Crippen LogP contribution >= 0.6 is 0 Å². The van der Waals surface area contributed by atoms with E-state index in [1.807, 2.05) is 48.5 Å². The van der Waals surface area contributed by atoms with Crippen molar-refractivity contribution in [3.05, 3.63) is 48.5 Å². The molecule has 0 amide bonds. The van der Waals surface area contributed by atoms with Gasteiger partial charge < -0.3 is 38.7 Å². The fourth-order valence-corrected chi connectivity index (χ4v) is 5.14. The number of fused-ring (bicyclic) bond motifs is 2. The number of imidazole rings is 2. The maximum Gasteiger partial charge on any atom is 0.142 e. The van der Waals surface area contributed by atoms with E-state index in [-0.39, 0.29) is 0 Å². The average molecular weight is 629 g/mol. The largest absolute Gasteiger partial charge is 0.493 e. The van der Waals surface area contributed by atoms with Crippen molar-refractivity contribution >= 4 is 22.1 Å². The molecular formula is C36H48N6O4. The molecule has 5 aromatic rings. The molecule has 0 aliphatic heterocycles. The van der Waals surface area contributed by atoms with E-state index in [4.69, 9.17) is 28.9 Å². The van der Waals surface area contributed by atoms with Gasteiger partial charge in [0.05, 0.1) is 59.6 Å². The summed E-state index contributed by atoms with van der Waals surface area (Å²) >= 11 is 0. The van der Waals surface area contributed by atoms with Crippen LogP contribution < -0.4 is 18.9 Å². The zero-order valence-corrected chi connectivity index (χ0v) is 28.1. The molecule has 2 heterocycles. The summed E-state index contributed by atoms with van der Waals surface area (Å²) in [4.78, 5) is 21.2. The number of aromatic amines is 2. The van der Waals surface area contributed by atoms with E-state index >= 15 is 0 Å². The Morgan fingerprint density at radius 3 is 1.39 bits per heavy atom. The molecular weight excluding hydrogens is 580 g/mol. The Morgan fingerprint density at radius 2 is 1.00 bits per heavy atom. The summed E-state index contributed by atoms with van der Waals surface area (Å²) in [6.07, 6.45) is 3.66. The molecule has 2 aromatic heterocycles. The first kappa shape index (κ1) is 33.1. The molecule has 5 rings (SSSR count). The normalized spacial score (nSPS) is 11.7. The van der Waals surface area contributed by atoms with Crippen LogP contribution in [-0.2, 0) is 0 Å². The minimum atomic E-state index is 0.571. The van der Waals surface area contributed by atoms with Crippen LogP contribution in [0.4, 0.5) is 0 Å². The number of benzene rings is 3. The van der Waals surface area contributed by atoms with Crippen LogP contribution in [0.1, 0.15) is 39.5 Å². The molecule has 0 saturated carbocycles. The quantitative estimate of drug-likeness (QED) is 0.100. The van der Waals surface area contributed by atoms with Gasteiger partial charge in [-0.2, -0.15) is 0 Å². The summed E-state index contributed by atoms with van der Waals surface area (Å²) in [7, 11) is 8.27. The molecule has 0 radical (unpaired) electrons. The Bertz CT molecular complexity index is 1580. The number of hydrogen-bond donors (Lipinski definition) is 2. The standard InChI is InChI=1S/C36H48N6O4/c1-7-17-45-33-23-28(36-38-30-14-12-26(22-32(30)40-36)44-20-10-16-42(5)6)34(46-18-8-2)24-27(33)35-37-29-13-11-25(21-31(29)39-35)43-19-9-15-41(3)4/h11-14,21-24H,7-10,15-20H2,1-6H3,(H,37,39)(H,38,40). The van der Waals surface area contributed by atoms with Gasteiger partial charge in [0, 0.05) is 25.2 Å². The third-order valence-electron chi connectivity index (χ3n) is 7.46. The molecule has 3 aromatic carbocycles. The van der Waals surface area contributed by atoms with Gasteiger partial charge in [-0.3, -0.25) is 0 Å². The molecule has 0 atom stereocenters. The fraction of sp³-hybridized carbons (Fsp3) is 0.444. The predicted molar refractivity (Wildman–Crippen MR) is 186 cm³/mol. The van der Waals surface area contributed by atoms with Crippen molar-refractivity contribution in [3.8, 4) is 45.8 Å². The smallest absolute Gasteiger partial charge is 0.142 e. The van der Waals surface area contributed by atoms with E-state index < -0.39 is 0 Å². The molecule has 10 nitrogen and oxygen atoms in total. The lowest BCUT2D eigenvalue weighted by atomic mass is 10.1. The number of nitrogens with one attached hydrogen (secondary N) is 2. The summed E-state index contributed by atoms with van der Waals surface area (Å²) in [5.41, 5.74) is 5.18. The van der Waals surface area contributed by atoms with Crippen LogP contribution in [-0.4, -0.2) is 97.4 Å². The second-order valence-electron chi connectivity index (χ2n) is 12.1. The first-order valence-corrected chi connectivity index (χ1v) is 16.3. The van der Waals surface area contributed by atoms with Crippen molar-refractivity contribution in [1.82, 2.24) is 29.7 Å². The molecule has 246 valence electrons. The lowest BCUT2D eigenvalue weighted by molar-refractivity contribution is 0.282. The number of rotatable bonds is 18. The highest BCUT2D eigenvalue weighted by atomic mass is 16.5. The van der Waals surface area contributed by atoms with Crippen LogP contribution in [0, 0.1) is 0 Å². The monoisotopic (exact) mass is 628 g/mol. The molecule has 10 heteroatoms. The minimum absolute atomic E-state index is 0.571. The van der Waals surface area contributed by atoms with Gasteiger partial charge >= 0.3 is 0 Å². The SMILES string of the molecule is CCCOc1cc(-c2nc3cc(OCCCN(C)C)ccc3[nH]2)c(OCCC)cc1-c1nc2cc(OCCCN(C)C)ccc2[nH]1. The van der Waals surface area contributed by atoms with Gasteiger partial charge in [-0.1, -0.05) is 13.8 Å². The van der Waals surface area contributed by atoms with Gasteiger partial charge in [0.25, 0.3) is 0 Å². The second kappa shape index (κ2) is 15.8. The zero-order valence-electron chi connectivity index (χ0n) is 28.1. The van der Waals surface area contributed by atoms with Crippen LogP contribution in [0.3, 0.4) is 0 Å². The minimum Gasteiger partial charge on any atom is -0.493 e. The zero-order chi connectivity index (χ0) is 32.5. The summed E-state index contributed by atoms with van der Waals surface area (Å²) in [5.74, 6) is 4.46. The van der Waals surface area contributed by atoms with Crippen molar-refractivity contribution in [1.29, 1.82) is 0 Å². The first-order valence-electron chi connectivity index (χ1n) is 16.3. The van der Waals surface area contributed by atoms with Crippen molar-refractivity contribution < 1.29 is 18.9 Å². The van der Waals surface area contributed by atoms with E-state index in [9.17, 15) is 0 Å². The Kier molecular flexibility index (Phi) is 11.4. The lowest BCUT2D eigenvalue weighted by Gasteiger charge is -2.16. The summed E-state index contributed by atoms with van der Waals surface area (Å²) in [6, 6.07) is 16.0. The van der Waals surface area contributed by atoms with Crippen LogP contribution in [0.2, 0.25) is 0 Å². The third-order valence-corrected chi connectivity index (χ3v) is 7.46. The third kappa shape index (κ3) is 8.50. The average Bonchev–Trinajstić information content (AvgIpc) is 3.66. The van der Waals surface area contributed by atoms with E-state index in [1.165, 1.54) is 0 Å². The lowest BCUT2D eigenvalue weighted by Crippen LogP contribution is -2.15. The van der Waals surface area contributed by atoms with Crippen LogP contribution in [0.5, 0.6) is 23.0 Å². The summed E-state index contributed by atoms with van der Waals surface area (Å²) in [5, 5.41) is 0. The molecule has 0 saturated heterocycles. The molecule has 0 fully saturated rings. The van der Waals surface area contributed by atoms with Gasteiger partial charge in [0.1, 0.15) is 34.6 Å². The maximum atomic E-state index is 6.32. The van der Waals surface area contributed by atoms with E-state index in [2.05, 4.69) is 61.8 Å². The van der Waals surface area contributed by atoms with E-state index in [1.54, 1.807) is 0 Å². The molecule has 0 aliphatic carbocycles. The number of ether oxygens (including phenoxy) is 4. The Balaban J connectivity index is 1.47. The number of H-pyrrole nitrogens is 2. The molecule has 46 heavy (non-hydrogen) atoms. The van der Waals surface area contributed by atoms with Gasteiger partial charge in [0.15, 0.2) is 0 Å². The first-order chi connectivity index (χ1) is 22.3. The Labute approximate surface area is 272 Å². The number of hydrogen-bond acceptors (Lipinski definition) is 8. The van der Waals surface area contributed by atoms with E-state index in [0.717, 1.165) is 83.5 Å². The molecule has 2 N–H and O–H groups in total. The predicted octanol–water partition coefficient (Wildman–Crippen LogP) is 7.01. The highest BCUT2D eigenvalue weighted by Crippen LogP contribution is 2.41. The van der Waals surface area contributed by atoms with Crippen LogP contribution in [0.25, 0.3) is 44.8 Å². The number of nitrogens with zero attached hydrogens (tertiary/aromatic N) is 4. The van der Waals surface area contributed by atoms with Crippen molar-refractivity contribution in [3.63, 3.8) is 0 Å². The summed E-state index contributed by atoms with van der Waals surface area (Å²) < 4.78 is 24.7. The second-order valence-corrected chi connectivity index (χ2v) is 12.1. The molecule has 0 aliphatic rings. The van der Waals surface area contributed by atoms with Crippen molar-refractivity contribution in [2.75, 3.05) is 67.7 Å². The molecule has 0 spiro atoms. The maximum absolute atomic E-state index is 6.32. The Hall–Kier alpha value is -4.28. The Morgan fingerprint density at radius 1 is 0.565 bits per heavy atom. The fourth-order valence-electron chi connectivity index (χ4n) is 5.14. The van der Waals surface area contributed by atoms with Gasteiger partial charge in [0.2, 0.25) is 0 Å². The molecule has 0 unspecified atom stereocenters. The highest BCUT2D eigenvalue weighted by molar-refractivity contribution is 5.86. The van der Waals surface area contributed by atoms with E-state index in [0.29, 0.717) is 49.6 Å². The van der Waals surface area contributed by atoms with Crippen molar-refractivity contribution in [2.45, 2.75) is 39.5 Å². The number of aromatic nitrogens is 4. The topological polar surface area (TPSA) is 101 Å². The highest BCUT2D eigenvalue weighted by Gasteiger charge is 2.20. The molecule has 0 bridgehead atoms. The van der Waals surface area contributed by atoms with Crippen molar-refractivity contribution in [2.24, 2.45) is 0 Å². The van der Waals surface area contributed by atoms with Gasteiger partial charge in [-0.25, -0.2) is 9.97 Å².